The molecule has 226 valence electrons. The van der Waals surface area contributed by atoms with E-state index in [1.54, 1.807) is 32.7 Å². The van der Waals surface area contributed by atoms with Crippen LogP contribution in [0.15, 0.2) is 54.6 Å². The molecule has 1 saturated heterocycles. The summed E-state index contributed by atoms with van der Waals surface area (Å²) < 4.78 is 40.2. The Morgan fingerprint density at radius 3 is 2.40 bits per heavy atom. The second kappa shape index (κ2) is 11.8. The third kappa shape index (κ3) is 6.57. The standard InChI is InChI=1S/C29H34F2N3O6PS/c1-28(2,3)24(27(37)34-14-8-11-21(34)26(36)33(4)17-18-9-6-5-7-10-18)32-25(35)23-16-19-15-20(12-13-22(19)42-23)29(30,31)41(38,39)40/h5-7,9-10,12-13,15-16,21,24H,8,11,14,17H2,1-4H3,(H,32,35)(H2,38,39,40)/t21-,24?/m0/s1. The lowest BCUT2D eigenvalue weighted by Crippen LogP contribution is -2.57. The first-order valence-electron chi connectivity index (χ1n) is 13.4. The van der Waals surface area contributed by atoms with Crippen molar-refractivity contribution >= 4 is 46.7 Å². The number of likely N-dealkylation sites (tertiary alicyclic amines) is 1. The molecule has 3 N–H and O–H groups in total. The third-order valence-corrected chi connectivity index (χ3v) is 9.41. The fraction of sp³-hybridized carbons (Fsp3) is 0.414. The molecule has 4 rings (SSSR count). The van der Waals surface area contributed by atoms with Crippen molar-refractivity contribution in [1.82, 2.24) is 15.1 Å². The van der Waals surface area contributed by atoms with Crippen LogP contribution in [0.4, 0.5) is 8.78 Å². The average Bonchev–Trinajstić information content (AvgIpc) is 3.57. The highest BCUT2D eigenvalue weighted by atomic mass is 32.1. The van der Waals surface area contributed by atoms with Crippen LogP contribution in [0.25, 0.3) is 10.1 Å². The summed E-state index contributed by atoms with van der Waals surface area (Å²) in [6.07, 6.45) is 1.15. The normalized spacial score (nSPS) is 16.9. The van der Waals surface area contributed by atoms with E-state index in [0.717, 1.165) is 29.0 Å². The number of likely N-dealkylation sites (N-methyl/N-ethyl adjacent to an activating group) is 1. The van der Waals surface area contributed by atoms with Gasteiger partial charge in [0.05, 0.1) is 4.88 Å². The van der Waals surface area contributed by atoms with Gasteiger partial charge >= 0.3 is 13.3 Å². The quantitative estimate of drug-likeness (QED) is 0.307. The zero-order chi connectivity index (χ0) is 31.0. The minimum atomic E-state index is -5.76. The van der Waals surface area contributed by atoms with Gasteiger partial charge in [-0.2, -0.15) is 8.78 Å². The van der Waals surface area contributed by atoms with E-state index >= 15 is 0 Å². The minimum Gasteiger partial charge on any atom is -0.340 e. The molecule has 1 unspecified atom stereocenters. The number of halogens is 2. The second-order valence-electron chi connectivity index (χ2n) is 11.6. The monoisotopic (exact) mass is 621 g/mol. The largest absolute Gasteiger partial charge is 0.399 e. The van der Waals surface area contributed by atoms with Gasteiger partial charge in [-0.05, 0) is 47.4 Å². The zero-order valence-corrected chi connectivity index (χ0v) is 25.4. The summed E-state index contributed by atoms with van der Waals surface area (Å²) >= 11 is 1.00. The van der Waals surface area contributed by atoms with Gasteiger partial charge in [0, 0.05) is 30.4 Å². The minimum absolute atomic E-state index is 0.139. The van der Waals surface area contributed by atoms with Gasteiger partial charge < -0.3 is 24.9 Å². The average molecular weight is 622 g/mol. The SMILES string of the molecule is CN(Cc1ccccc1)C(=O)[C@@H]1CCCN1C(=O)C(NC(=O)c1cc2cc(C(F)(F)P(=O)(O)O)ccc2s1)C(C)(C)C. The van der Waals surface area contributed by atoms with E-state index in [1.165, 1.54) is 17.0 Å². The number of nitrogens with one attached hydrogen (secondary N) is 1. The molecule has 3 aromatic rings. The number of carbonyl (C=O) groups excluding carboxylic acids is 3. The summed E-state index contributed by atoms with van der Waals surface area (Å²) in [7, 11) is -4.06. The van der Waals surface area contributed by atoms with E-state index in [2.05, 4.69) is 5.32 Å². The van der Waals surface area contributed by atoms with Crippen molar-refractivity contribution in [1.29, 1.82) is 0 Å². The number of rotatable bonds is 8. The summed E-state index contributed by atoms with van der Waals surface area (Å²) in [5.41, 5.74) is -5.01. The van der Waals surface area contributed by atoms with E-state index in [4.69, 9.17) is 9.79 Å². The first-order valence-corrected chi connectivity index (χ1v) is 15.8. The van der Waals surface area contributed by atoms with Crippen molar-refractivity contribution in [2.45, 2.75) is 57.9 Å². The first kappa shape index (κ1) is 31.7. The molecule has 0 bridgehead atoms. The van der Waals surface area contributed by atoms with E-state index in [9.17, 15) is 27.7 Å². The van der Waals surface area contributed by atoms with Crippen LogP contribution in [0.2, 0.25) is 0 Å². The molecule has 2 atom stereocenters. The Bertz CT molecular complexity index is 1540. The summed E-state index contributed by atoms with van der Waals surface area (Å²) in [6, 6.07) is 12.4. The molecule has 1 aliphatic heterocycles. The number of amides is 3. The highest BCUT2D eigenvalue weighted by Gasteiger charge is 2.50. The van der Waals surface area contributed by atoms with Crippen molar-refractivity contribution in [2.75, 3.05) is 13.6 Å². The number of benzene rings is 2. The Balaban J connectivity index is 1.53. The van der Waals surface area contributed by atoms with Gasteiger partial charge in [0.15, 0.2) is 0 Å². The van der Waals surface area contributed by atoms with Crippen molar-refractivity contribution < 1.29 is 37.5 Å². The van der Waals surface area contributed by atoms with Crippen LogP contribution >= 0.6 is 18.9 Å². The van der Waals surface area contributed by atoms with Gasteiger partial charge in [0.1, 0.15) is 12.1 Å². The van der Waals surface area contributed by atoms with Gasteiger partial charge in [-0.3, -0.25) is 18.9 Å². The number of nitrogens with zero attached hydrogens (tertiary/aromatic N) is 2. The predicted octanol–water partition coefficient (Wildman–Crippen LogP) is 4.92. The molecule has 13 heteroatoms. The second-order valence-corrected chi connectivity index (χ2v) is 14.3. The Morgan fingerprint density at radius 1 is 1.12 bits per heavy atom. The molecule has 42 heavy (non-hydrogen) atoms. The molecule has 0 spiro atoms. The number of alkyl halides is 2. The summed E-state index contributed by atoms with van der Waals surface area (Å²) in [4.78, 5) is 62.0. The highest BCUT2D eigenvalue weighted by molar-refractivity contribution is 7.52. The highest BCUT2D eigenvalue weighted by Crippen LogP contribution is 2.59. The van der Waals surface area contributed by atoms with Crippen LogP contribution in [0.1, 0.15) is 54.4 Å². The van der Waals surface area contributed by atoms with Gasteiger partial charge in [0.2, 0.25) is 11.8 Å². The fourth-order valence-corrected chi connectivity index (χ4v) is 6.43. The molecule has 0 saturated carbocycles. The van der Waals surface area contributed by atoms with E-state index < -0.39 is 42.2 Å². The summed E-state index contributed by atoms with van der Waals surface area (Å²) in [5, 5.41) is 3.00. The van der Waals surface area contributed by atoms with E-state index in [0.29, 0.717) is 30.6 Å². The van der Waals surface area contributed by atoms with Gasteiger partial charge in [-0.25, -0.2) is 0 Å². The fourth-order valence-electron chi connectivity index (χ4n) is 5.00. The molecule has 2 aromatic carbocycles. The number of fused-ring (bicyclic) bond motifs is 1. The number of hydrogen-bond donors (Lipinski definition) is 3. The van der Waals surface area contributed by atoms with Crippen LogP contribution in [-0.2, 0) is 26.4 Å². The van der Waals surface area contributed by atoms with Gasteiger partial charge in [-0.15, -0.1) is 11.3 Å². The van der Waals surface area contributed by atoms with Crippen molar-refractivity contribution in [3.05, 3.63) is 70.6 Å². The summed E-state index contributed by atoms with van der Waals surface area (Å²) in [6.45, 7) is 6.16. The van der Waals surface area contributed by atoms with E-state index in [1.807, 2.05) is 30.3 Å². The molecule has 1 aromatic heterocycles. The maximum Gasteiger partial charge on any atom is 0.399 e. The Hall–Kier alpha value is -3.18. The Kier molecular flexibility index (Phi) is 8.95. The topological polar surface area (TPSA) is 127 Å². The van der Waals surface area contributed by atoms with Gasteiger partial charge in [0.25, 0.3) is 5.91 Å². The molecule has 2 heterocycles. The van der Waals surface area contributed by atoms with Crippen LogP contribution in [0, 0.1) is 5.41 Å². The first-order chi connectivity index (χ1) is 19.5. The zero-order valence-electron chi connectivity index (χ0n) is 23.7. The van der Waals surface area contributed by atoms with Crippen LogP contribution in [0.3, 0.4) is 0 Å². The molecule has 3 amide bonds. The van der Waals surface area contributed by atoms with Crippen molar-refractivity contribution in [3.63, 3.8) is 0 Å². The maximum absolute atomic E-state index is 14.2. The number of thiophene rings is 1. The molecule has 1 fully saturated rings. The third-order valence-electron chi connectivity index (χ3n) is 7.30. The molecule has 0 aliphatic carbocycles. The lowest BCUT2D eigenvalue weighted by molar-refractivity contribution is -0.145. The lowest BCUT2D eigenvalue weighted by Gasteiger charge is -2.36. The van der Waals surface area contributed by atoms with Crippen LogP contribution in [-0.4, -0.2) is 63.0 Å². The maximum atomic E-state index is 14.2. The molecular formula is C29H34F2N3O6PS. The Morgan fingerprint density at radius 2 is 1.79 bits per heavy atom. The molecule has 9 nitrogen and oxygen atoms in total. The van der Waals surface area contributed by atoms with Crippen molar-refractivity contribution in [2.24, 2.45) is 5.41 Å². The molecule has 0 radical (unpaired) electrons. The predicted molar refractivity (Wildman–Crippen MR) is 156 cm³/mol. The summed E-state index contributed by atoms with van der Waals surface area (Å²) in [5.74, 6) is -1.17. The van der Waals surface area contributed by atoms with Crippen LogP contribution < -0.4 is 5.32 Å². The molecule has 1 aliphatic rings. The van der Waals surface area contributed by atoms with E-state index in [-0.39, 0.29) is 22.1 Å². The van der Waals surface area contributed by atoms with Gasteiger partial charge in [-0.1, -0.05) is 57.2 Å². The lowest BCUT2D eigenvalue weighted by atomic mass is 9.85. The molecular weight excluding hydrogens is 587 g/mol. The Labute approximate surface area is 246 Å². The van der Waals surface area contributed by atoms with Crippen LogP contribution in [0.5, 0.6) is 0 Å². The smallest absolute Gasteiger partial charge is 0.340 e. The number of carbonyl (C=O) groups is 3. The van der Waals surface area contributed by atoms with Crippen molar-refractivity contribution in [3.8, 4) is 0 Å². The number of hydrogen-bond acceptors (Lipinski definition) is 5.